The minimum atomic E-state index is -1.68. The van der Waals surface area contributed by atoms with E-state index in [0.29, 0.717) is 16.7 Å². The summed E-state index contributed by atoms with van der Waals surface area (Å²) in [5.74, 6) is 1.37. The van der Waals surface area contributed by atoms with E-state index in [2.05, 4.69) is 61.2 Å². The second kappa shape index (κ2) is 6.02. The summed E-state index contributed by atoms with van der Waals surface area (Å²) >= 11 is 0. The Hall–Kier alpha value is -0.0831. The minimum Gasteiger partial charge on any atom is -0.564 e. The lowest BCUT2D eigenvalue weighted by molar-refractivity contribution is -0.0636. The van der Waals surface area contributed by atoms with Crippen LogP contribution in [-0.2, 0) is 4.43 Å². The lowest BCUT2D eigenvalue weighted by atomic mass is 9.48. The molecule has 0 spiro atoms. The van der Waals surface area contributed by atoms with Gasteiger partial charge in [-0.15, -0.1) is 18.1 Å². The first-order valence-electron chi connectivity index (χ1n) is 9.63. The van der Waals surface area contributed by atoms with Gasteiger partial charge >= 0.3 is 0 Å². The van der Waals surface area contributed by atoms with Gasteiger partial charge in [0.15, 0.2) is 0 Å². The summed E-state index contributed by atoms with van der Waals surface area (Å²) in [5.41, 5.74) is 2.32. The van der Waals surface area contributed by atoms with Crippen LogP contribution in [-0.4, -0.2) is 14.9 Å². The molecule has 2 aliphatic rings. The monoisotopic (exact) mass is 336 g/mol. The normalized spacial score (nSPS) is 35.0. The Bertz CT molecular complexity index is 457. The summed E-state index contributed by atoms with van der Waals surface area (Å²) in [4.78, 5) is 0. The van der Waals surface area contributed by atoms with Crippen LogP contribution in [0.5, 0.6) is 0 Å². The van der Waals surface area contributed by atoms with Gasteiger partial charge in [-0.05, 0) is 50.7 Å². The maximum absolute atomic E-state index is 6.66. The van der Waals surface area contributed by atoms with Gasteiger partial charge in [0.2, 0.25) is 0 Å². The second-order valence-corrected chi connectivity index (χ2v) is 15.5. The third kappa shape index (κ3) is 3.49. The van der Waals surface area contributed by atoms with Crippen LogP contribution in [0.4, 0.5) is 0 Å². The molecular formula is C21H40OSi-. The van der Waals surface area contributed by atoms with Crippen LogP contribution < -0.4 is 0 Å². The zero-order chi connectivity index (χ0) is 17.7. The van der Waals surface area contributed by atoms with Gasteiger partial charge in [0.1, 0.15) is 0 Å². The average molecular weight is 337 g/mol. The van der Waals surface area contributed by atoms with E-state index in [1.54, 1.807) is 0 Å². The Labute approximate surface area is 146 Å². The molecular weight excluding hydrogens is 296 g/mol. The molecule has 23 heavy (non-hydrogen) atoms. The van der Waals surface area contributed by atoms with Gasteiger partial charge in [0.25, 0.3) is 0 Å². The van der Waals surface area contributed by atoms with Crippen molar-refractivity contribution >= 4 is 8.32 Å². The molecule has 2 fully saturated rings. The first-order chi connectivity index (χ1) is 10.3. The third-order valence-corrected chi connectivity index (χ3v) is 12.2. The first kappa shape index (κ1) is 19.2. The van der Waals surface area contributed by atoms with E-state index in [9.17, 15) is 0 Å². The van der Waals surface area contributed by atoms with Gasteiger partial charge in [-0.1, -0.05) is 60.1 Å². The van der Waals surface area contributed by atoms with Crippen LogP contribution >= 0.6 is 0 Å². The minimum absolute atomic E-state index is 0.287. The maximum Gasteiger partial charge on any atom is 0.0107 e. The summed E-state index contributed by atoms with van der Waals surface area (Å²) in [6.45, 7) is 24.7. The van der Waals surface area contributed by atoms with Crippen LogP contribution in [0.2, 0.25) is 18.1 Å². The highest BCUT2D eigenvalue weighted by Crippen LogP contribution is 2.61. The topological polar surface area (TPSA) is 9.23 Å². The lowest BCUT2D eigenvalue weighted by Crippen LogP contribution is -2.52. The Kier molecular flexibility index (Phi) is 5.04. The number of hydrogen-bond donors (Lipinski definition) is 0. The molecule has 2 rings (SSSR count). The van der Waals surface area contributed by atoms with E-state index in [0.717, 1.165) is 12.5 Å². The molecule has 0 aromatic rings. The Balaban J connectivity index is 2.21. The number of rotatable bonds is 3. The van der Waals surface area contributed by atoms with Gasteiger partial charge in [0.05, 0.1) is 0 Å². The van der Waals surface area contributed by atoms with Crippen molar-refractivity contribution in [2.24, 2.45) is 22.7 Å². The van der Waals surface area contributed by atoms with E-state index >= 15 is 0 Å². The van der Waals surface area contributed by atoms with E-state index in [1.165, 1.54) is 37.7 Å². The van der Waals surface area contributed by atoms with Gasteiger partial charge in [-0.3, -0.25) is 0 Å². The number of hydrogen-bond acceptors (Lipinski definition) is 1. The van der Waals surface area contributed by atoms with Gasteiger partial charge in [0, 0.05) is 12.5 Å². The van der Waals surface area contributed by atoms with Crippen LogP contribution in [0, 0.1) is 22.7 Å². The molecule has 1 nitrogen and oxygen atoms in total. The molecule has 135 valence electrons. The molecule has 0 aromatic heterocycles. The highest BCUT2D eigenvalue weighted by atomic mass is 28.4. The van der Waals surface area contributed by atoms with Crippen molar-refractivity contribution in [1.29, 1.82) is 0 Å². The molecule has 2 saturated carbocycles. The molecule has 0 amide bonds. The SMILES string of the molecule is C=C1CC[C@H]2C(C)(C)CCC[C@]2(C)[C@H]1CO[Si-](C)(C)C(C)(C)C. The largest absolute Gasteiger partial charge is 0.564 e. The van der Waals surface area contributed by atoms with Gasteiger partial charge in [-0.25, -0.2) is 0 Å². The van der Waals surface area contributed by atoms with Crippen LogP contribution in [0.3, 0.4) is 0 Å². The molecule has 0 saturated heterocycles. The smallest absolute Gasteiger partial charge is 0.0107 e. The molecule has 2 heteroatoms. The van der Waals surface area contributed by atoms with Crippen molar-refractivity contribution < 1.29 is 4.43 Å². The van der Waals surface area contributed by atoms with Crippen molar-refractivity contribution in [2.45, 2.75) is 91.8 Å². The molecule has 0 N–H and O–H groups in total. The molecule has 0 aromatic carbocycles. The third-order valence-electron chi connectivity index (χ3n) is 7.74. The quantitative estimate of drug-likeness (QED) is 0.406. The van der Waals surface area contributed by atoms with Crippen LogP contribution in [0.1, 0.15) is 73.6 Å². The summed E-state index contributed by atoms with van der Waals surface area (Å²) in [5, 5.41) is 0.287. The summed E-state index contributed by atoms with van der Waals surface area (Å²) < 4.78 is 6.66. The first-order valence-corrected chi connectivity index (χ1v) is 12.5. The van der Waals surface area contributed by atoms with Gasteiger partial charge < -0.3 is 4.43 Å². The Morgan fingerprint density at radius 1 is 1.17 bits per heavy atom. The predicted octanol–water partition coefficient (Wildman–Crippen LogP) is 6.81. The van der Waals surface area contributed by atoms with Gasteiger partial charge in [-0.2, -0.15) is 0 Å². The molecule has 0 aliphatic heterocycles. The van der Waals surface area contributed by atoms with Crippen LogP contribution in [0.15, 0.2) is 12.2 Å². The fourth-order valence-corrected chi connectivity index (χ4v) is 6.11. The molecule has 0 radical (unpaired) electrons. The number of fused-ring (bicyclic) bond motifs is 1. The lowest BCUT2D eigenvalue weighted by Gasteiger charge is -2.59. The highest BCUT2D eigenvalue weighted by Gasteiger charge is 2.52. The van der Waals surface area contributed by atoms with Crippen molar-refractivity contribution in [2.75, 3.05) is 6.61 Å². The summed E-state index contributed by atoms with van der Waals surface area (Å²) in [7, 11) is -1.68. The summed E-state index contributed by atoms with van der Waals surface area (Å²) in [6.07, 6.45) is 6.64. The van der Waals surface area contributed by atoms with E-state index in [-0.39, 0.29) is 5.04 Å². The molecule has 2 aliphatic carbocycles. The summed E-state index contributed by atoms with van der Waals surface area (Å²) in [6, 6.07) is 0. The van der Waals surface area contributed by atoms with E-state index in [1.807, 2.05) is 0 Å². The molecule has 3 atom stereocenters. The van der Waals surface area contributed by atoms with E-state index in [4.69, 9.17) is 4.43 Å². The molecule has 0 heterocycles. The van der Waals surface area contributed by atoms with Crippen molar-refractivity contribution in [3.63, 3.8) is 0 Å². The fraction of sp³-hybridized carbons (Fsp3) is 0.905. The standard InChI is InChI=1S/C21H40OSi/c1-16-11-12-18-20(5,6)13-10-14-21(18,7)17(16)15-22-23(8,9)19(2,3)4/h17-18H,1,10-15H2,2-9H3/q-1/t17-,18-,21+/m0/s1. The van der Waals surface area contributed by atoms with Crippen molar-refractivity contribution in [3.05, 3.63) is 12.2 Å². The maximum atomic E-state index is 6.66. The second-order valence-electron chi connectivity index (χ2n) is 10.7. The fourth-order valence-electron chi connectivity index (χ4n) is 5.09. The Morgan fingerprint density at radius 3 is 2.35 bits per heavy atom. The van der Waals surface area contributed by atoms with Crippen molar-refractivity contribution in [3.8, 4) is 0 Å². The Morgan fingerprint density at radius 2 is 1.78 bits per heavy atom. The predicted molar refractivity (Wildman–Crippen MR) is 104 cm³/mol. The van der Waals surface area contributed by atoms with Crippen molar-refractivity contribution in [1.82, 2.24) is 0 Å². The zero-order valence-corrected chi connectivity index (χ0v) is 18.0. The van der Waals surface area contributed by atoms with Crippen LogP contribution in [0.25, 0.3) is 0 Å². The molecule has 0 bridgehead atoms. The molecule has 0 unspecified atom stereocenters. The highest BCUT2D eigenvalue weighted by molar-refractivity contribution is 6.74. The average Bonchev–Trinajstić information content (AvgIpc) is 2.35. The zero-order valence-electron chi connectivity index (χ0n) is 17.0. The van der Waals surface area contributed by atoms with E-state index < -0.39 is 8.32 Å².